The first-order valence-electron chi connectivity index (χ1n) is 9.33. The fourth-order valence-electron chi connectivity index (χ4n) is 4.29. The second-order valence-electron chi connectivity index (χ2n) is 7.43. The molecule has 3 heterocycles. The maximum Gasteiger partial charge on any atom is 0.246 e. The van der Waals surface area contributed by atoms with Crippen molar-refractivity contribution in [1.82, 2.24) is 14.8 Å². The lowest BCUT2D eigenvalue weighted by Gasteiger charge is -2.48. The van der Waals surface area contributed by atoms with Crippen molar-refractivity contribution in [3.8, 4) is 0 Å². The summed E-state index contributed by atoms with van der Waals surface area (Å²) in [5.41, 5.74) is 1.58. The number of hydrogen-bond donors (Lipinski definition) is 0. The second kappa shape index (κ2) is 7.12. The van der Waals surface area contributed by atoms with Crippen LogP contribution in [-0.4, -0.2) is 58.3 Å². The molecule has 1 spiro atoms. The number of nitrogens with zero attached hydrogens (tertiary/aromatic N) is 4. The van der Waals surface area contributed by atoms with Crippen molar-refractivity contribution in [2.45, 2.75) is 25.4 Å². The van der Waals surface area contributed by atoms with Gasteiger partial charge in [-0.3, -0.25) is 19.5 Å². The summed E-state index contributed by atoms with van der Waals surface area (Å²) in [5.74, 6) is -0.0547. The van der Waals surface area contributed by atoms with Gasteiger partial charge in [0.15, 0.2) is 0 Å². The smallest absolute Gasteiger partial charge is 0.246 e. The number of piperazine rings is 1. The molecule has 27 heavy (non-hydrogen) atoms. The van der Waals surface area contributed by atoms with E-state index >= 15 is 0 Å². The third-order valence-corrected chi connectivity index (χ3v) is 5.59. The van der Waals surface area contributed by atoms with Crippen LogP contribution in [-0.2, 0) is 16.1 Å². The van der Waals surface area contributed by atoms with E-state index in [4.69, 9.17) is 0 Å². The van der Waals surface area contributed by atoms with Gasteiger partial charge in [-0.2, -0.15) is 0 Å². The van der Waals surface area contributed by atoms with Gasteiger partial charge < -0.3 is 9.80 Å². The molecule has 2 aliphatic heterocycles. The number of amides is 2. The summed E-state index contributed by atoms with van der Waals surface area (Å²) in [7, 11) is 0. The lowest BCUT2D eigenvalue weighted by atomic mass is 9.91. The van der Waals surface area contributed by atoms with Gasteiger partial charge in [-0.05, 0) is 30.7 Å². The monoisotopic (exact) mass is 364 g/mol. The molecule has 1 aromatic carbocycles. The van der Waals surface area contributed by atoms with Crippen LogP contribution in [0.3, 0.4) is 0 Å². The summed E-state index contributed by atoms with van der Waals surface area (Å²) in [6.07, 6.45) is 2.66. The minimum absolute atomic E-state index is 0.0230. The van der Waals surface area contributed by atoms with E-state index < -0.39 is 0 Å². The number of pyridine rings is 1. The molecular formula is C21H24N4O2. The number of likely N-dealkylation sites (tertiary alicyclic amines) is 1. The molecule has 0 radical (unpaired) electrons. The van der Waals surface area contributed by atoms with Crippen LogP contribution in [0.2, 0.25) is 0 Å². The largest absolute Gasteiger partial charge is 0.325 e. The van der Waals surface area contributed by atoms with Crippen molar-refractivity contribution in [2.24, 2.45) is 0 Å². The summed E-state index contributed by atoms with van der Waals surface area (Å²) in [6.45, 7) is 4.63. The fraction of sp³-hybridized carbons (Fsp3) is 0.381. The molecule has 0 N–H and O–H groups in total. The molecule has 0 bridgehead atoms. The Bertz CT molecular complexity index is 827. The van der Waals surface area contributed by atoms with Gasteiger partial charge >= 0.3 is 0 Å². The quantitative estimate of drug-likeness (QED) is 0.835. The van der Waals surface area contributed by atoms with Crippen molar-refractivity contribution in [1.29, 1.82) is 0 Å². The lowest BCUT2D eigenvalue weighted by Crippen LogP contribution is -2.66. The molecule has 4 rings (SSSR count). The number of anilines is 1. The molecular weight excluding hydrogens is 340 g/mol. The molecule has 2 fully saturated rings. The highest BCUT2D eigenvalue weighted by Gasteiger charge is 2.50. The summed E-state index contributed by atoms with van der Waals surface area (Å²) >= 11 is 0. The Morgan fingerprint density at radius 3 is 2.59 bits per heavy atom. The minimum atomic E-state index is -0.343. The van der Waals surface area contributed by atoms with Gasteiger partial charge in [0, 0.05) is 38.4 Å². The third kappa shape index (κ3) is 3.45. The second-order valence-corrected chi connectivity index (χ2v) is 7.43. The molecule has 140 valence electrons. The third-order valence-electron chi connectivity index (χ3n) is 5.59. The number of para-hydroxylation sites is 1. The first kappa shape index (κ1) is 17.7. The van der Waals surface area contributed by atoms with Gasteiger partial charge in [-0.15, -0.1) is 0 Å². The zero-order valence-corrected chi connectivity index (χ0v) is 15.5. The molecule has 2 aromatic rings. The van der Waals surface area contributed by atoms with Gasteiger partial charge in [0.25, 0.3) is 0 Å². The molecule has 1 atom stereocenters. The Balaban J connectivity index is 1.58. The first-order valence-corrected chi connectivity index (χ1v) is 9.33. The Hall–Kier alpha value is -2.73. The highest BCUT2D eigenvalue weighted by atomic mass is 16.2. The first-order chi connectivity index (χ1) is 13.1. The SMILES string of the molecule is CC(=O)N1CC(=O)N(c2ccccc2)CC12CCN(Cc1ccccn1)C2. The fourth-order valence-corrected chi connectivity index (χ4v) is 4.29. The van der Waals surface area contributed by atoms with Crippen LogP contribution in [0.25, 0.3) is 0 Å². The van der Waals surface area contributed by atoms with Gasteiger partial charge in [-0.25, -0.2) is 0 Å². The van der Waals surface area contributed by atoms with E-state index in [0.717, 1.165) is 37.4 Å². The minimum Gasteiger partial charge on any atom is -0.325 e. The molecule has 1 aromatic heterocycles. The van der Waals surface area contributed by atoms with E-state index in [9.17, 15) is 9.59 Å². The Morgan fingerprint density at radius 2 is 1.89 bits per heavy atom. The molecule has 2 amide bonds. The van der Waals surface area contributed by atoms with Crippen LogP contribution in [0.1, 0.15) is 19.0 Å². The zero-order valence-electron chi connectivity index (χ0n) is 15.5. The van der Waals surface area contributed by atoms with Crippen LogP contribution >= 0.6 is 0 Å². The molecule has 6 heteroatoms. The van der Waals surface area contributed by atoms with Gasteiger partial charge in [0.05, 0.1) is 17.8 Å². The average molecular weight is 364 g/mol. The van der Waals surface area contributed by atoms with Crippen LogP contribution in [0, 0.1) is 0 Å². The Labute approximate surface area is 159 Å². The summed E-state index contributed by atoms with van der Waals surface area (Å²) in [6, 6.07) is 15.7. The van der Waals surface area contributed by atoms with Crippen LogP contribution in [0.15, 0.2) is 54.7 Å². The highest BCUT2D eigenvalue weighted by Crippen LogP contribution is 2.35. The Morgan fingerprint density at radius 1 is 1.11 bits per heavy atom. The number of benzene rings is 1. The van der Waals surface area contributed by atoms with Crippen molar-refractivity contribution in [2.75, 3.05) is 31.1 Å². The number of rotatable bonds is 3. The normalized spacial score (nSPS) is 23.2. The average Bonchev–Trinajstić information content (AvgIpc) is 3.07. The lowest BCUT2D eigenvalue weighted by molar-refractivity contribution is -0.142. The van der Waals surface area contributed by atoms with E-state index in [2.05, 4.69) is 9.88 Å². The van der Waals surface area contributed by atoms with Crippen LogP contribution in [0.5, 0.6) is 0 Å². The van der Waals surface area contributed by atoms with Crippen LogP contribution < -0.4 is 4.90 Å². The predicted molar refractivity (Wildman–Crippen MR) is 103 cm³/mol. The summed E-state index contributed by atoms with van der Waals surface area (Å²) in [4.78, 5) is 35.4. The molecule has 2 saturated heterocycles. The summed E-state index contributed by atoms with van der Waals surface area (Å²) < 4.78 is 0. The summed E-state index contributed by atoms with van der Waals surface area (Å²) in [5, 5.41) is 0. The molecule has 0 aliphatic carbocycles. The number of aromatic nitrogens is 1. The van der Waals surface area contributed by atoms with Crippen molar-refractivity contribution < 1.29 is 9.59 Å². The number of hydrogen-bond acceptors (Lipinski definition) is 4. The van der Waals surface area contributed by atoms with Crippen molar-refractivity contribution in [3.63, 3.8) is 0 Å². The predicted octanol–water partition coefficient (Wildman–Crippen LogP) is 1.92. The van der Waals surface area contributed by atoms with E-state index in [-0.39, 0.29) is 23.9 Å². The Kier molecular flexibility index (Phi) is 4.66. The van der Waals surface area contributed by atoms with Crippen LogP contribution in [0.4, 0.5) is 5.69 Å². The standard InChI is InChI=1S/C21H24N4O2/c1-17(26)25-14-20(27)24(19-8-3-2-4-9-19)16-21(25)10-12-23(15-21)13-18-7-5-6-11-22-18/h2-9,11H,10,12-16H2,1H3. The van der Waals surface area contributed by atoms with E-state index in [1.165, 1.54) is 0 Å². The van der Waals surface area contributed by atoms with Gasteiger partial charge in [0.2, 0.25) is 11.8 Å². The van der Waals surface area contributed by atoms with E-state index in [1.807, 2.05) is 53.4 Å². The van der Waals surface area contributed by atoms with E-state index in [1.54, 1.807) is 18.0 Å². The number of carbonyl (C=O) groups is 2. The van der Waals surface area contributed by atoms with Crippen molar-refractivity contribution >= 4 is 17.5 Å². The van der Waals surface area contributed by atoms with Gasteiger partial charge in [0.1, 0.15) is 6.54 Å². The molecule has 0 saturated carbocycles. The zero-order chi connectivity index (χ0) is 18.9. The maximum absolute atomic E-state index is 12.7. The van der Waals surface area contributed by atoms with E-state index in [0.29, 0.717) is 6.54 Å². The highest BCUT2D eigenvalue weighted by molar-refractivity contribution is 5.98. The maximum atomic E-state index is 12.7. The molecule has 2 aliphatic rings. The topological polar surface area (TPSA) is 56.8 Å². The van der Waals surface area contributed by atoms with Crippen molar-refractivity contribution in [3.05, 3.63) is 60.4 Å². The molecule has 6 nitrogen and oxygen atoms in total. The van der Waals surface area contributed by atoms with Gasteiger partial charge in [-0.1, -0.05) is 24.3 Å². The molecule has 1 unspecified atom stereocenters. The number of carbonyl (C=O) groups excluding carboxylic acids is 2.